The van der Waals surface area contributed by atoms with Crippen LogP contribution in [-0.2, 0) is 16.0 Å². The van der Waals surface area contributed by atoms with Crippen LogP contribution in [0, 0.1) is 0 Å². The summed E-state index contributed by atoms with van der Waals surface area (Å²) in [5, 5.41) is 5.89. The number of hydrogen-bond donors (Lipinski definition) is 4. The molecule has 0 heterocycles. The van der Waals surface area contributed by atoms with Crippen molar-refractivity contribution >= 4 is 17.5 Å². The Balaban J connectivity index is 1.62. The van der Waals surface area contributed by atoms with Crippen molar-refractivity contribution in [3.05, 3.63) is 90.5 Å². The Hall–Kier alpha value is -3.52. The van der Waals surface area contributed by atoms with Crippen LogP contribution in [0.3, 0.4) is 0 Å². The van der Waals surface area contributed by atoms with Crippen LogP contribution in [0.2, 0.25) is 0 Å². The summed E-state index contributed by atoms with van der Waals surface area (Å²) >= 11 is 0. The zero-order chi connectivity index (χ0) is 27.4. The molecule has 202 valence electrons. The van der Waals surface area contributed by atoms with Gasteiger partial charge in [0.1, 0.15) is 6.04 Å². The second-order valence-corrected chi connectivity index (χ2v) is 10.4. The molecular formula is C31H42N5O2+. The maximum Gasteiger partial charge on any atom is 0.246 e. The molecule has 3 aromatic rings. The minimum absolute atomic E-state index is 0.255. The van der Waals surface area contributed by atoms with Gasteiger partial charge in [-0.2, -0.15) is 0 Å². The third-order valence-corrected chi connectivity index (χ3v) is 6.81. The molecule has 7 nitrogen and oxygen atoms in total. The van der Waals surface area contributed by atoms with Crippen LogP contribution in [-0.4, -0.2) is 62.1 Å². The van der Waals surface area contributed by atoms with Crippen LogP contribution < -0.4 is 22.1 Å². The zero-order valence-electron chi connectivity index (χ0n) is 22.6. The van der Waals surface area contributed by atoms with Crippen LogP contribution in [0.1, 0.15) is 24.8 Å². The smallest absolute Gasteiger partial charge is 0.246 e. The van der Waals surface area contributed by atoms with E-state index in [9.17, 15) is 9.59 Å². The number of benzene rings is 3. The predicted octanol–water partition coefficient (Wildman–Crippen LogP) is 3.55. The molecule has 0 aliphatic rings. The van der Waals surface area contributed by atoms with Crippen molar-refractivity contribution in [2.24, 2.45) is 11.5 Å². The van der Waals surface area contributed by atoms with Gasteiger partial charge in [0.25, 0.3) is 0 Å². The number of amides is 2. The maximum absolute atomic E-state index is 13.3. The van der Waals surface area contributed by atoms with Gasteiger partial charge in [-0.05, 0) is 54.5 Å². The zero-order valence-corrected chi connectivity index (χ0v) is 22.6. The van der Waals surface area contributed by atoms with Gasteiger partial charge < -0.3 is 26.6 Å². The molecule has 2 amide bonds. The Kier molecular flexibility index (Phi) is 11.0. The SMILES string of the molecule is C[N+](C)(CCN)CCC[C@H](N)C(=O)N[C@H](CCc1ccccc1)C(=O)Nc1ccc(-c2ccccc2)cc1. The van der Waals surface area contributed by atoms with Gasteiger partial charge in [-0.1, -0.05) is 72.8 Å². The van der Waals surface area contributed by atoms with Crippen molar-refractivity contribution in [2.75, 3.05) is 39.0 Å². The van der Waals surface area contributed by atoms with Crippen LogP contribution in [0.25, 0.3) is 11.1 Å². The first-order valence-electron chi connectivity index (χ1n) is 13.4. The fraction of sp³-hybridized carbons (Fsp3) is 0.355. The first-order chi connectivity index (χ1) is 18.3. The summed E-state index contributed by atoms with van der Waals surface area (Å²) in [5.41, 5.74) is 15.9. The summed E-state index contributed by atoms with van der Waals surface area (Å²) in [4.78, 5) is 26.2. The van der Waals surface area contributed by atoms with Gasteiger partial charge in [0.15, 0.2) is 0 Å². The van der Waals surface area contributed by atoms with Crippen LogP contribution >= 0.6 is 0 Å². The minimum atomic E-state index is -0.702. The maximum atomic E-state index is 13.3. The third-order valence-electron chi connectivity index (χ3n) is 6.81. The highest BCUT2D eigenvalue weighted by Crippen LogP contribution is 2.21. The van der Waals surface area contributed by atoms with E-state index in [0.29, 0.717) is 31.5 Å². The Labute approximate surface area is 226 Å². The van der Waals surface area contributed by atoms with E-state index >= 15 is 0 Å². The summed E-state index contributed by atoms with van der Waals surface area (Å²) in [6, 6.07) is 26.3. The fourth-order valence-corrected chi connectivity index (χ4v) is 4.44. The lowest BCUT2D eigenvalue weighted by Crippen LogP contribution is -2.50. The standard InChI is InChI=1S/C31H41N5O2/c1-36(2,23-21-32)22-9-14-28(33)30(37)35-29(20-15-24-10-5-3-6-11-24)31(38)34-27-18-16-26(17-19-27)25-12-7-4-8-13-25/h3-8,10-13,16-19,28-29H,9,14-15,20-23,32-33H2,1-2H3,(H-,34,35,37,38)/p+1/t28-,29+/m0/s1. The summed E-state index contributed by atoms with van der Waals surface area (Å²) in [6.45, 7) is 2.37. The molecule has 0 fully saturated rings. The number of nitrogens with one attached hydrogen (secondary N) is 2. The predicted molar refractivity (Wildman–Crippen MR) is 155 cm³/mol. The number of quaternary nitrogens is 1. The van der Waals surface area contributed by atoms with Crippen molar-refractivity contribution in [1.29, 1.82) is 0 Å². The molecule has 6 N–H and O–H groups in total. The molecule has 0 saturated carbocycles. The van der Waals surface area contributed by atoms with E-state index < -0.39 is 12.1 Å². The van der Waals surface area contributed by atoms with E-state index in [1.165, 1.54) is 0 Å². The number of nitrogens with zero attached hydrogens (tertiary/aromatic N) is 1. The lowest BCUT2D eigenvalue weighted by atomic mass is 10.0. The summed E-state index contributed by atoms with van der Waals surface area (Å²) in [5.74, 6) is -0.559. The molecule has 0 radical (unpaired) electrons. The van der Waals surface area contributed by atoms with Gasteiger partial charge >= 0.3 is 0 Å². The summed E-state index contributed by atoms with van der Waals surface area (Å²) in [7, 11) is 4.24. The minimum Gasteiger partial charge on any atom is -0.343 e. The number of hydrogen-bond acceptors (Lipinski definition) is 4. The van der Waals surface area contributed by atoms with Crippen molar-refractivity contribution < 1.29 is 14.1 Å². The van der Waals surface area contributed by atoms with E-state index in [2.05, 4.69) is 24.7 Å². The number of carbonyl (C=O) groups is 2. The largest absolute Gasteiger partial charge is 0.343 e. The van der Waals surface area contributed by atoms with Crippen LogP contribution in [0.5, 0.6) is 0 Å². The van der Waals surface area contributed by atoms with Crippen LogP contribution in [0.15, 0.2) is 84.9 Å². The molecule has 3 rings (SSSR count). The third kappa shape index (κ3) is 9.41. The molecule has 3 aromatic carbocycles. The van der Waals surface area contributed by atoms with Crippen LogP contribution in [0.4, 0.5) is 5.69 Å². The number of nitrogens with two attached hydrogens (primary N) is 2. The van der Waals surface area contributed by atoms with E-state index in [4.69, 9.17) is 11.5 Å². The van der Waals surface area contributed by atoms with Crippen molar-refractivity contribution in [2.45, 2.75) is 37.8 Å². The molecule has 0 bridgehead atoms. The van der Waals surface area contributed by atoms with Gasteiger partial charge in [0, 0.05) is 12.2 Å². The molecular weight excluding hydrogens is 474 g/mol. The van der Waals surface area contributed by atoms with Crippen molar-refractivity contribution in [3.63, 3.8) is 0 Å². The van der Waals surface area contributed by atoms with E-state index in [1.54, 1.807) is 0 Å². The second kappa shape index (κ2) is 14.4. The molecule has 0 saturated heterocycles. The van der Waals surface area contributed by atoms with Gasteiger partial charge in [0.05, 0.1) is 33.2 Å². The highest BCUT2D eigenvalue weighted by molar-refractivity contribution is 5.98. The quantitative estimate of drug-likeness (QED) is 0.246. The Morgan fingerprint density at radius 2 is 1.39 bits per heavy atom. The average molecular weight is 517 g/mol. The van der Waals surface area contributed by atoms with Crippen molar-refractivity contribution in [3.8, 4) is 11.1 Å². The lowest BCUT2D eigenvalue weighted by molar-refractivity contribution is -0.889. The summed E-state index contributed by atoms with van der Waals surface area (Å²) < 4.78 is 0.788. The van der Waals surface area contributed by atoms with E-state index in [-0.39, 0.29) is 11.8 Å². The molecule has 7 heteroatoms. The highest BCUT2D eigenvalue weighted by Gasteiger charge is 2.24. The topological polar surface area (TPSA) is 110 Å². The summed E-state index contributed by atoms with van der Waals surface area (Å²) in [6.07, 6.45) is 2.48. The number of aryl methyl sites for hydroxylation is 1. The molecule has 0 spiro atoms. The van der Waals surface area contributed by atoms with E-state index in [1.807, 2.05) is 84.9 Å². The van der Waals surface area contributed by atoms with Crippen molar-refractivity contribution in [1.82, 2.24) is 5.32 Å². The number of anilines is 1. The van der Waals surface area contributed by atoms with Gasteiger partial charge in [-0.15, -0.1) is 0 Å². The fourth-order valence-electron chi connectivity index (χ4n) is 4.44. The normalized spacial score (nSPS) is 12.9. The Morgan fingerprint density at radius 3 is 2.03 bits per heavy atom. The molecule has 0 aliphatic carbocycles. The first kappa shape index (κ1) is 29.0. The number of likely N-dealkylation sites (N-methyl/N-ethyl adjacent to an activating group) is 1. The monoisotopic (exact) mass is 516 g/mol. The van der Waals surface area contributed by atoms with Gasteiger partial charge in [-0.3, -0.25) is 9.59 Å². The molecule has 2 atom stereocenters. The highest BCUT2D eigenvalue weighted by atomic mass is 16.2. The van der Waals surface area contributed by atoms with E-state index in [0.717, 1.165) is 40.7 Å². The molecule has 0 aromatic heterocycles. The Morgan fingerprint density at radius 1 is 0.789 bits per heavy atom. The molecule has 38 heavy (non-hydrogen) atoms. The second-order valence-electron chi connectivity index (χ2n) is 10.4. The van der Waals surface area contributed by atoms with Gasteiger partial charge in [0.2, 0.25) is 11.8 Å². The lowest BCUT2D eigenvalue weighted by Gasteiger charge is -2.29. The Bertz CT molecular complexity index is 1130. The molecule has 0 unspecified atom stereocenters. The average Bonchev–Trinajstić information content (AvgIpc) is 2.92. The number of rotatable bonds is 14. The van der Waals surface area contributed by atoms with Gasteiger partial charge in [-0.25, -0.2) is 0 Å². The first-order valence-corrected chi connectivity index (χ1v) is 13.4. The molecule has 0 aliphatic heterocycles. The number of carbonyl (C=O) groups excluding carboxylic acids is 2.